The van der Waals surface area contributed by atoms with Crippen molar-refractivity contribution in [2.45, 2.75) is 83.6 Å². The van der Waals surface area contributed by atoms with Gasteiger partial charge >= 0.3 is 0 Å². The zero-order valence-corrected chi connectivity index (χ0v) is 26.8. The number of anilines is 1. The maximum Gasteiger partial charge on any atom is 0.251 e. The van der Waals surface area contributed by atoms with Crippen LogP contribution in [0.5, 0.6) is 11.6 Å². The molecule has 0 saturated carbocycles. The van der Waals surface area contributed by atoms with Gasteiger partial charge in [-0.2, -0.15) is 4.98 Å². The first-order valence-electron chi connectivity index (χ1n) is 16.0. The van der Waals surface area contributed by atoms with Crippen LogP contribution in [0.15, 0.2) is 60.7 Å². The van der Waals surface area contributed by atoms with Gasteiger partial charge in [0.15, 0.2) is 0 Å². The molecule has 236 valence electrons. The van der Waals surface area contributed by atoms with Gasteiger partial charge in [-0.15, -0.1) is 0 Å². The van der Waals surface area contributed by atoms with Crippen molar-refractivity contribution in [3.05, 3.63) is 82.9 Å². The Balaban J connectivity index is 1.35. The smallest absolute Gasteiger partial charge is 0.251 e. The number of aryl methyl sites for hydroxylation is 1. The van der Waals surface area contributed by atoms with Crippen molar-refractivity contribution in [3.8, 4) is 11.6 Å². The summed E-state index contributed by atoms with van der Waals surface area (Å²) in [5, 5.41) is 18.4. The summed E-state index contributed by atoms with van der Waals surface area (Å²) < 4.78 is 11.8. The molecule has 1 aromatic heterocycles. The van der Waals surface area contributed by atoms with Gasteiger partial charge in [-0.25, -0.2) is 0 Å². The molecule has 1 amide bonds. The molecular weight excluding hydrogens is 552 g/mol. The van der Waals surface area contributed by atoms with Crippen LogP contribution in [-0.4, -0.2) is 60.5 Å². The summed E-state index contributed by atoms with van der Waals surface area (Å²) in [5.41, 5.74) is 3.53. The molecule has 0 radical (unpaired) electrons. The van der Waals surface area contributed by atoms with E-state index in [2.05, 4.69) is 66.4 Å². The van der Waals surface area contributed by atoms with Gasteiger partial charge < -0.3 is 30.1 Å². The highest BCUT2D eigenvalue weighted by Gasteiger charge is 2.34. The normalized spacial score (nSPS) is 20.6. The molecule has 8 heteroatoms. The fourth-order valence-electron chi connectivity index (χ4n) is 6.40. The molecular formula is C36H48N4O4. The van der Waals surface area contributed by atoms with Gasteiger partial charge in [0, 0.05) is 49.3 Å². The zero-order valence-electron chi connectivity index (χ0n) is 26.8. The molecule has 3 heterocycles. The molecule has 44 heavy (non-hydrogen) atoms. The van der Waals surface area contributed by atoms with Gasteiger partial charge in [-0.3, -0.25) is 4.79 Å². The van der Waals surface area contributed by atoms with Crippen molar-refractivity contribution in [1.82, 2.24) is 15.6 Å². The van der Waals surface area contributed by atoms with Gasteiger partial charge in [0.05, 0.1) is 19.3 Å². The molecule has 8 nitrogen and oxygen atoms in total. The van der Waals surface area contributed by atoms with Gasteiger partial charge in [0.1, 0.15) is 17.2 Å². The van der Waals surface area contributed by atoms with Gasteiger partial charge in [-0.1, -0.05) is 56.3 Å². The highest BCUT2D eigenvalue weighted by Crippen LogP contribution is 2.40. The lowest BCUT2D eigenvalue weighted by Crippen LogP contribution is -2.50. The summed E-state index contributed by atoms with van der Waals surface area (Å²) in [7, 11) is 1.57. The fourth-order valence-corrected chi connectivity index (χ4v) is 6.40. The third-order valence-corrected chi connectivity index (χ3v) is 8.83. The number of ether oxygens (including phenoxy) is 2. The standard InChI is InChI=1S/C36H48N4O4/c1-6-25-14-15-32-28(17-25)30(21-36(3,4)44-32)37-22-31(41)29(18-26-12-8-7-9-13-26)38-35(42)27-19-33(39-34(20-27)43-5)40-16-10-11-24(2)23-40/h7-9,12-15,17,19-20,24,29-31,37,41H,6,10-11,16,18,21-23H2,1-5H3,(H,38,42)/t24-,29+,30+,31-/m1/s1. The van der Waals surface area contributed by atoms with Crippen molar-refractivity contribution in [1.29, 1.82) is 0 Å². The van der Waals surface area contributed by atoms with Crippen molar-refractivity contribution < 1.29 is 19.4 Å². The average molecular weight is 601 g/mol. The number of nitrogens with one attached hydrogen (secondary N) is 2. The van der Waals surface area contributed by atoms with E-state index in [1.807, 2.05) is 36.4 Å². The largest absolute Gasteiger partial charge is 0.487 e. The molecule has 2 aliphatic rings. The van der Waals surface area contributed by atoms with E-state index in [9.17, 15) is 9.90 Å². The Hall–Kier alpha value is -3.62. The highest BCUT2D eigenvalue weighted by atomic mass is 16.5. The van der Waals surface area contributed by atoms with Gasteiger partial charge in [0.2, 0.25) is 5.88 Å². The van der Waals surface area contributed by atoms with Crippen LogP contribution in [0.4, 0.5) is 5.82 Å². The Bertz CT molecular complexity index is 1410. The number of benzene rings is 2. The number of hydrogen-bond donors (Lipinski definition) is 3. The van der Waals surface area contributed by atoms with E-state index in [0.717, 1.165) is 55.0 Å². The number of aromatic nitrogens is 1. The van der Waals surface area contributed by atoms with Gasteiger partial charge in [0.25, 0.3) is 5.91 Å². The van der Waals surface area contributed by atoms with E-state index in [-0.39, 0.29) is 17.6 Å². The Kier molecular flexibility index (Phi) is 10.1. The van der Waals surface area contributed by atoms with Crippen LogP contribution in [0.2, 0.25) is 0 Å². The molecule has 2 aliphatic heterocycles. The molecule has 1 saturated heterocycles. The molecule has 5 rings (SSSR count). The second-order valence-corrected chi connectivity index (χ2v) is 13.0. The van der Waals surface area contributed by atoms with E-state index < -0.39 is 12.1 Å². The molecule has 0 aliphatic carbocycles. The van der Waals surface area contributed by atoms with Crippen LogP contribution in [-0.2, 0) is 12.8 Å². The van der Waals surface area contributed by atoms with E-state index in [4.69, 9.17) is 9.47 Å². The molecule has 0 unspecified atom stereocenters. The monoisotopic (exact) mass is 600 g/mol. The summed E-state index contributed by atoms with van der Waals surface area (Å²) in [5.74, 6) is 2.33. The third-order valence-electron chi connectivity index (χ3n) is 8.83. The number of carbonyl (C=O) groups is 1. The topological polar surface area (TPSA) is 96.0 Å². The predicted octanol–water partition coefficient (Wildman–Crippen LogP) is 5.48. The lowest BCUT2D eigenvalue weighted by molar-refractivity contribution is 0.0582. The van der Waals surface area contributed by atoms with Crippen LogP contribution in [0.1, 0.15) is 80.0 Å². The Morgan fingerprint density at radius 2 is 1.95 bits per heavy atom. The minimum absolute atomic E-state index is 0.0157. The summed E-state index contributed by atoms with van der Waals surface area (Å²) in [6.45, 7) is 10.7. The second-order valence-electron chi connectivity index (χ2n) is 13.0. The fraction of sp³-hybridized carbons (Fsp3) is 0.500. The molecule has 3 N–H and O–H groups in total. The van der Waals surface area contributed by atoms with Crippen LogP contribution in [0.3, 0.4) is 0 Å². The summed E-state index contributed by atoms with van der Waals surface area (Å²) in [6.07, 6.45) is 3.64. The molecule has 0 bridgehead atoms. The number of aliphatic hydroxyl groups is 1. The molecule has 4 atom stereocenters. The summed E-state index contributed by atoms with van der Waals surface area (Å²) >= 11 is 0. The molecule has 0 spiro atoms. The van der Waals surface area contributed by atoms with E-state index in [1.165, 1.54) is 12.0 Å². The third kappa shape index (κ3) is 7.90. The average Bonchev–Trinajstić information content (AvgIpc) is 3.02. The SMILES string of the molecule is CCc1ccc2c(c1)[C@@H](NC[C@@H](O)[C@H](Cc1ccccc1)NC(=O)c1cc(OC)nc(N3CCC[C@@H](C)C3)c1)CC(C)(C)O2. The van der Waals surface area contributed by atoms with Gasteiger partial charge in [-0.05, 0) is 68.7 Å². The Morgan fingerprint density at radius 1 is 1.16 bits per heavy atom. The number of carbonyl (C=O) groups excluding carboxylic acids is 1. The quantitative estimate of drug-likeness (QED) is 0.268. The summed E-state index contributed by atoms with van der Waals surface area (Å²) in [4.78, 5) is 20.7. The number of nitrogens with zero attached hydrogens (tertiary/aromatic N) is 2. The first kappa shape index (κ1) is 31.8. The van der Waals surface area contributed by atoms with Crippen LogP contribution >= 0.6 is 0 Å². The van der Waals surface area contributed by atoms with E-state index in [1.54, 1.807) is 13.2 Å². The van der Waals surface area contributed by atoms with Crippen molar-refractivity contribution in [2.24, 2.45) is 5.92 Å². The van der Waals surface area contributed by atoms with Crippen molar-refractivity contribution in [3.63, 3.8) is 0 Å². The number of pyridine rings is 1. The van der Waals surface area contributed by atoms with Crippen molar-refractivity contribution in [2.75, 3.05) is 31.6 Å². The number of rotatable bonds is 11. The Morgan fingerprint density at radius 3 is 2.68 bits per heavy atom. The zero-order chi connectivity index (χ0) is 31.3. The minimum Gasteiger partial charge on any atom is -0.487 e. The predicted molar refractivity (Wildman–Crippen MR) is 175 cm³/mol. The first-order chi connectivity index (χ1) is 21.1. The first-order valence-corrected chi connectivity index (χ1v) is 16.0. The number of fused-ring (bicyclic) bond motifs is 1. The lowest BCUT2D eigenvalue weighted by atomic mass is 9.88. The van der Waals surface area contributed by atoms with E-state index >= 15 is 0 Å². The number of amides is 1. The maximum absolute atomic E-state index is 13.8. The van der Waals surface area contributed by atoms with Crippen LogP contribution < -0.4 is 25.0 Å². The van der Waals surface area contributed by atoms with Crippen LogP contribution in [0.25, 0.3) is 0 Å². The molecule has 3 aromatic rings. The maximum atomic E-state index is 13.8. The van der Waals surface area contributed by atoms with Crippen LogP contribution in [0, 0.1) is 5.92 Å². The molecule has 1 fully saturated rings. The van der Waals surface area contributed by atoms with E-state index in [0.29, 0.717) is 30.3 Å². The number of methoxy groups -OCH3 is 1. The number of hydrogen-bond acceptors (Lipinski definition) is 7. The number of piperidine rings is 1. The Labute approximate surface area is 262 Å². The summed E-state index contributed by atoms with van der Waals surface area (Å²) in [6, 6.07) is 19.3. The lowest BCUT2D eigenvalue weighted by Gasteiger charge is -2.39. The highest BCUT2D eigenvalue weighted by molar-refractivity contribution is 5.95. The molecule has 2 aromatic carbocycles. The van der Waals surface area contributed by atoms with Crippen molar-refractivity contribution >= 4 is 11.7 Å². The second kappa shape index (κ2) is 14.0. The minimum atomic E-state index is -0.839. The number of aliphatic hydroxyl groups excluding tert-OH is 1.